The molecule has 0 aromatic rings. The van der Waals surface area contributed by atoms with E-state index in [0.717, 1.165) is 12.5 Å². The Balaban J connectivity index is 2.54. The Labute approximate surface area is 135 Å². The van der Waals surface area contributed by atoms with E-state index < -0.39 is 10.0 Å². The van der Waals surface area contributed by atoms with Crippen LogP contribution in [0.2, 0.25) is 0 Å². The predicted molar refractivity (Wildman–Crippen MR) is 92.7 cm³/mol. The molecule has 1 rings (SSSR count). The van der Waals surface area contributed by atoms with Crippen molar-refractivity contribution in [1.82, 2.24) is 14.9 Å². The first-order valence-corrected chi connectivity index (χ1v) is 10.2. The normalized spacial score (nSPS) is 17.7. The first kappa shape index (κ1) is 19.2. The van der Waals surface area contributed by atoms with Crippen molar-refractivity contribution in [2.24, 2.45) is 4.99 Å². The number of rotatable bonds is 8. The van der Waals surface area contributed by atoms with Gasteiger partial charge in [0.05, 0.1) is 12.3 Å². The average molecular weight is 333 g/mol. The van der Waals surface area contributed by atoms with Gasteiger partial charge in [-0.15, -0.1) is 0 Å². The standard InChI is InChI=1S/C15H32N4O2S/c1-4-16-15(18-14-10-8-7-9-11-14)17-12-13-22(20,21)19(5-2)6-3/h14H,4-13H2,1-3H3,(H2,16,17,18). The smallest absolute Gasteiger partial charge is 0.215 e. The van der Waals surface area contributed by atoms with Crippen molar-refractivity contribution in [3.05, 3.63) is 0 Å². The van der Waals surface area contributed by atoms with E-state index in [-0.39, 0.29) is 5.75 Å². The van der Waals surface area contributed by atoms with Gasteiger partial charge in [-0.25, -0.2) is 12.7 Å². The average Bonchev–Trinajstić information content (AvgIpc) is 2.49. The van der Waals surface area contributed by atoms with Gasteiger partial charge < -0.3 is 10.6 Å². The number of guanidine groups is 1. The zero-order chi connectivity index (χ0) is 16.4. The van der Waals surface area contributed by atoms with E-state index in [9.17, 15) is 8.42 Å². The summed E-state index contributed by atoms with van der Waals surface area (Å²) in [6.45, 7) is 7.84. The molecule has 0 atom stereocenters. The monoisotopic (exact) mass is 332 g/mol. The molecule has 0 saturated heterocycles. The van der Waals surface area contributed by atoms with E-state index in [0.29, 0.717) is 25.7 Å². The fourth-order valence-electron chi connectivity index (χ4n) is 2.78. The zero-order valence-corrected chi connectivity index (χ0v) is 15.1. The zero-order valence-electron chi connectivity index (χ0n) is 14.3. The fraction of sp³-hybridized carbons (Fsp3) is 0.933. The molecule has 0 aliphatic heterocycles. The van der Waals surface area contributed by atoms with Crippen LogP contribution >= 0.6 is 0 Å². The summed E-state index contributed by atoms with van der Waals surface area (Å²) in [6.07, 6.45) is 6.17. The second-order valence-corrected chi connectivity index (χ2v) is 7.73. The third-order valence-corrected chi connectivity index (χ3v) is 6.01. The molecule has 1 saturated carbocycles. The van der Waals surface area contributed by atoms with Gasteiger partial charge in [0.15, 0.2) is 5.96 Å². The molecule has 0 spiro atoms. The molecule has 0 amide bonds. The molecular formula is C15H32N4O2S. The van der Waals surface area contributed by atoms with Gasteiger partial charge in [0.1, 0.15) is 0 Å². The van der Waals surface area contributed by atoms with E-state index in [4.69, 9.17) is 0 Å². The highest BCUT2D eigenvalue weighted by Gasteiger charge is 2.18. The molecule has 0 heterocycles. The van der Waals surface area contributed by atoms with Crippen molar-refractivity contribution in [2.45, 2.75) is 58.9 Å². The highest BCUT2D eigenvalue weighted by molar-refractivity contribution is 7.89. The van der Waals surface area contributed by atoms with Gasteiger partial charge in [-0.05, 0) is 19.8 Å². The lowest BCUT2D eigenvalue weighted by atomic mass is 9.96. The van der Waals surface area contributed by atoms with Crippen LogP contribution < -0.4 is 10.6 Å². The largest absolute Gasteiger partial charge is 0.357 e. The Kier molecular flexibility index (Phi) is 8.78. The molecule has 0 radical (unpaired) electrons. The minimum Gasteiger partial charge on any atom is -0.357 e. The first-order valence-electron chi connectivity index (χ1n) is 8.56. The summed E-state index contributed by atoms with van der Waals surface area (Å²) < 4.78 is 25.8. The van der Waals surface area contributed by atoms with Crippen LogP contribution in [0.25, 0.3) is 0 Å². The van der Waals surface area contributed by atoms with Gasteiger partial charge >= 0.3 is 0 Å². The molecule has 1 aliphatic rings. The summed E-state index contributed by atoms with van der Waals surface area (Å²) in [5.74, 6) is 0.805. The van der Waals surface area contributed by atoms with Crippen LogP contribution in [0.4, 0.5) is 0 Å². The predicted octanol–water partition coefficient (Wildman–Crippen LogP) is 1.55. The molecule has 0 unspecified atom stereocenters. The molecule has 22 heavy (non-hydrogen) atoms. The van der Waals surface area contributed by atoms with Gasteiger partial charge in [0, 0.05) is 25.7 Å². The molecule has 0 bridgehead atoms. The van der Waals surface area contributed by atoms with Crippen LogP contribution in [0.5, 0.6) is 0 Å². The highest BCUT2D eigenvalue weighted by Crippen LogP contribution is 2.17. The summed E-state index contributed by atoms with van der Waals surface area (Å²) >= 11 is 0. The van der Waals surface area contributed by atoms with E-state index in [1.165, 1.54) is 36.4 Å². The second kappa shape index (κ2) is 10.0. The number of sulfonamides is 1. The van der Waals surface area contributed by atoms with Gasteiger partial charge in [-0.1, -0.05) is 33.1 Å². The molecule has 7 heteroatoms. The molecule has 1 fully saturated rings. The molecular weight excluding hydrogens is 300 g/mol. The van der Waals surface area contributed by atoms with Crippen LogP contribution in [0.1, 0.15) is 52.9 Å². The van der Waals surface area contributed by atoms with Crippen molar-refractivity contribution >= 4 is 16.0 Å². The Morgan fingerprint density at radius 2 is 1.77 bits per heavy atom. The minimum absolute atomic E-state index is 0.0654. The van der Waals surface area contributed by atoms with Crippen LogP contribution in [-0.4, -0.2) is 56.7 Å². The third-order valence-electron chi connectivity index (χ3n) is 4.01. The van der Waals surface area contributed by atoms with E-state index in [1.54, 1.807) is 0 Å². The van der Waals surface area contributed by atoms with Gasteiger partial charge in [0.2, 0.25) is 10.0 Å². The van der Waals surface area contributed by atoms with E-state index >= 15 is 0 Å². The number of nitrogens with zero attached hydrogens (tertiary/aromatic N) is 2. The third kappa shape index (κ3) is 6.52. The second-order valence-electron chi connectivity index (χ2n) is 5.64. The van der Waals surface area contributed by atoms with Crippen molar-refractivity contribution in [3.63, 3.8) is 0 Å². The lowest BCUT2D eigenvalue weighted by Crippen LogP contribution is -2.44. The number of hydrogen-bond acceptors (Lipinski definition) is 3. The van der Waals surface area contributed by atoms with Crippen molar-refractivity contribution < 1.29 is 8.42 Å². The summed E-state index contributed by atoms with van der Waals surface area (Å²) in [5.41, 5.74) is 0. The highest BCUT2D eigenvalue weighted by atomic mass is 32.2. The minimum atomic E-state index is -3.20. The molecule has 1 aliphatic carbocycles. The number of nitrogens with one attached hydrogen (secondary N) is 2. The van der Waals surface area contributed by atoms with E-state index in [2.05, 4.69) is 15.6 Å². The Morgan fingerprint density at radius 3 is 2.32 bits per heavy atom. The molecule has 130 valence electrons. The Morgan fingerprint density at radius 1 is 1.14 bits per heavy atom. The number of aliphatic imine (C=N–C) groups is 1. The van der Waals surface area contributed by atoms with Gasteiger partial charge in [0.25, 0.3) is 0 Å². The number of hydrogen-bond donors (Lipinski definition) is 2. The van der Waals surface area contributed by atoms with Crippen molar-refractivity contribution in [3.8, 4) is 0 Å². The molecule has 6 nitrogen and oxygen atoms in total. The van der Waals surface area contributed by atoms with Crippen LogP contribution in [0, 0.1) is 0 Å². The summed E-state index contributed by atoms with van der Waals surface area (Å²) in [6, 6.07) is 0.464. The van der Waals surface area contributed by atoms with Gasteiger partial charge in [-0.2, -0.15) is 0 Å². The Hall–Kier alpha value is -0.820. The first-order chi connectivity index (χ1) is 10.5. The fourth-order valence-corrected chi connectivity index (χ4v) is 4.15. The van der Waals surface area contributed by atoms with Crippen LogP contribution in [0.3, 0.4) is 0 Å². The van der Waals surface area contributed by atoms with E-state index in [1.807, 2.05) is 20.8 Å². The lowest BCUT2D eigenvalue weighted by molar-refractivity contribution is 0.410. The van der Waals surface area contributed by atoms with Crippen molar-refractivity contribution in [1.29, 1.82) is 0 Å². The maximum absolute atomic E-state index is 12.1. The summed E-state index contributed by atoms with van der Waals surface area (Å²) in [5, 5.41) is 6.63. The van der Waals surface area contributed by atoms with Gasteiger partial charge in [-0.3, -0.25) is 4.99 Å². The summed E-state index contributed by atoms with van der Waals surface area (Å²) in [7, 11) is -3.20. The maximum Gasteiger partial charge on any atom is 0.215 e. The SMILES string of the molecule is CCNC(=NCCS(=O)(=O)N(CC)CC)NC1CCCCC1. The van der Waals surface area contributed by atoms with Crippen LogP contribution in [-0.2, 0) is 10.0 Å². The summed E-state index contributed by atoms with van der Waals surface area (Å²) in [4.78, 5) is 4.43. The van der Waals surface area contributed by atoms with Crippen molar-refractivity contribution in [2.75, 3.05) is 31.9 Å². The maximum atomic E-state index is 12.1. The lowest BCUT2D eigenvalue weighted by Gasteiger charge is -2.25. The molecule has 0 aromatic carbocycles. The molecule has 2 N–H and O–H groups in total. The van der Waals surface area contributed by atoms with Crippen LogP contribution in [0.15, 0.2) is 4.99 Å². The quantitative estimate of drug-likeness (QED) is 0.522. The Bertz CT molecular complexity index is 427. The molecule has 0 aromatic heterocycles. The topological polar surface area (TPSA) is 73.8 Å².